The molecule has 0 unspecified atom stereocenters. The van der Waals surface area contributed by atoms with Crippen LogP contribution in [-0.2, 0) is 13.2 Å². The summed E-state index contributed by atoms with van der Waals surface area (Å²) in [5, 5.41) is 12.9. The Morgan fingerprint density at radius 1 is 1.07 bits per heavy atom. The highest BCUT2D eigenvalue weighted by Gasteiger charge is 2.17. The van der Waals surface area contributed by atoms with Crippen LogP contribution in [0, 0.1) is 5.82 Å². The maximum absolute atomic E-state index is 12.9. The second kappa shape index (κ2) is 11.0. The maximum atomic E-state index is 12.9. The number of hydrogen-bond acceptors (Lipinski definition) is 4. The number of carbonyl (C=O) groups is 1. The van der Waals surface area contributed by atoms with Crippen LogP contribution in [0.3, 0.4) is 0 Å². The normalized spacial score (nSPS) is 9.82. The van der Waals surface area contributed by atoms with Gasteiger partial charge in [-0.05, 0) is 29.1 Å². The van der Waals surface area contributed by atoms with E-state index in [0.29, 0.717) is 0 Å². The van der Waals surface area contributed by atoms with Gasteiger partial charge in [0.05, 0.1) is 0 Å². The highest BCUT2D eigenvalue weighted by molar-refractivity contribution is 9.08. The third kappa shape index (κ3) is 6.06. The van der Waals surface area contributed by atoms with Gasteiger partial charge in [0.15, 0.2) is 17.2 Å². The van der Waals surface area contributed by atoms with Crippen molar-refractivity contribution in [3.63, 3.8) is 0 Å². The summed E-state index contributed by atoms with van der Waals surface area (Å²) in [7, 11) is 0. The van der Waals surface area contributed by atoms with Crippen molar-refractivity contribution < 1.29 is 19.0 Å². The molecule has 0 fully saturated rings. The Hall–Kier alpha value is -2.93. The number of ether oxygens (including phenoxy) is 1. The standard InChI is InChI=1S/C20H17FN2O3.CH3Br/c21-16-8-6-14(7-9-16)12-23-20(25)18-19(24)17(10-11-22-18)26-13-15-4-2-1-3-5-15;1-2/h1-11,24H,12-13H2,(H,23,25);1H3. The number of carbonyl (C=O) groups excluding carboxylic acids is 1. The molecule has 5 nitrogen and oxygen atoms in total. The number of nitrogens with one attached hydrogen (secondary N) is 1. The summed E-state index contributed by atoms with van der Waals surface area (Å²) in [6.45, 7) is 0.449. The van der Waals surface area contributed by atoms with E-state index < -0.39 is 5.91 Å². The van der Waals surface area contributed by atoms with Crippen LogP contribution < -0.4 is 10.1 Å². The van der Waals surface area contributed by atoms with Crippen LogP contribution in [0.4, 0.5) is 4.39 Å². The van der Waals surface area contributed by atoms with Crippen molar-refractivity contribution in [2.75, 3.05) is 5.83 Å². The van der Waals surface area contributed by atoms with Crippen molar-refractivity contribution in [3.05, 3.63) is 89.5 Å². The third-order valence-corrected chi connectivity index (χ3v) is 3.71. The molecule has 0 aliphatic rings. The number of aromatic nitrogens is 1. The smallest absolute Gasteiger partial charge is 0.274 e. The van der Waals surface area contributed by atoms with Gasteiger partial charge in [-0.1, -0.05) is 58.4 Å². The number of hydrogen-bond donors (Lipinski definition) is 2. The maximum Gasteiger partial charge on any atom is 0.274 e. The molecule has 0 bridgehead atoms. The number of pyridine rings is 1. The Morgan fingerprint density at radius 3 is 2.43 bits per heavy atom. The minimum absolute atomic E-state index is 0.127. The number of alkyl halides is 1. The second-order valence-electron chi connectivity index (χ2n) is 5.59. The average Bonchev–Trinajstić information content (AvgIpc) is 2.74. The first-order valence-corrected chi connectivity index (χ1v) is 9.97. The number of halogens is 2. The van der Waals surface area contributed by atoms with Crippen LogP contribution in [-0.4, -0.2) is 21.8 Å². The first-order chi connectivity index (χ1) is 13.6. The first kappa shape index (κ1) is 21.4. The molecule has 2 N–H and O–H groups in total. The van der Waals surface area contributed by atoms with E-state index in [9.17, 15) is 14.3 Å². The molecule has 0 saturated heterocycles. The van der Waals surface area contributed by atoms with Crippen LogP contribution >= 0.6 is 15.9 Å². The van der Waals surface area contributed by atoms with Crippen LogP contribution in [0.5, 0.6) is 11.5 Å². The molecule has 28 heavy (non-hydrogen) atoms. The second-order valence-corrected chi connectivity index (χ2v) is 5.59. The lowest BCUT2D eigenvalue weighted by Gasteiger charge is -2.11. The summed E-state index contributed by atoms with van der Waals surface area (Å²) in [5.74, 6) is 0.781. The van der Waals surface area contributed by atoms with E-state index in [0.717, 1.165) is 11.1 Å². The van der Waals surface area contributed by atoms with E-state index in [1.807, 2.05) is 36.2 Å². The van der Waals surface area contributed by atoms with Gasteiger partial charge in [-0.15, -0.1) is 0 Å². The summed E-state index contributed by atoms with van der Waals surface area (Å²) in [5.41, 5.74) is 1.54. The van der Waals surface area contributed by atoms with Gasteiger partial charge >= 0.3 is 0 Å². The van der Waals surface area contributed by atoms with Crippen molar-refractivity contribution in [2.45, 2.75) is 13.2 Å². The topological polar surface area (TPSA) is 71.5 Å². The van der Waals surface area contributed by atoms with Crippen molar-refractivity contribution >= 4 is 21.8 Å². The SMILES string of the molecule is CBr.O=C(NCc1ccc(F)cc1)c1nccc(OCc2ccccc2)c1O. The highest BCUT2D eigenvalue weighted by Crippen LogP contribution is 2.28. The van der Waals surface area contributed by atoms with Gasteiger partial charge in [0.25, 0.3) is 5.91 Å². The molecule has 0 aliphatic heterocycles. The minimum atomic E-state index is -0.544. The molecule has 0 radical (unpaired) electrons. The molecule has 1 amide bonds. The van der Waals surface area contributed by atoms with Gasteiger partial charge in [-0.2, -0.15) is 0 Å². The monoisotopic (exact) mass is 446 g/mol. The molecular formula is C21H20BrFN2O3. The fourth-order valence-electron chi connectivity index (χ4n) is 2.32. The quantitative estimate of drug-likeness (QED) is 0.548. The number of benzene rings is 2. The van der Waals surface area contributed by atoms with Crippen LogP contribution in [0.2, 0.25) is 0 Å². The summed E-state index contributed by atoms with van der Waals surface area (Å²) in [4.78, 5) is 16.2. The lowest BCUT2D eigenvalue weighted by atomic mass is 10.2. The Bertz CT molecular complexity index is 890. The molecule has 0 saturated carbocycles. The zero-order valence-corrected chi connectivity index (χ0v) is 16.8. The average molecular weight is 447 g/mol. The molecule has 146 valence electrons. The van der Waals surface area contributed by atoms with Crippen molar-refractivity contribution in [1.82, 2.24) is 10.3 Å². The van der Waals surface area contributed by atoms with Gasteiger partial charge in [0, 0.05) is 18.8 Å². The van der Waals surface area contributed by atoms with E-state index in [-0.39, 0.29) is 36.2 Å². The van der Waals surface area contributed by atoms with E-state index in [4.69, 9.17) is 4.74 Å². The van der Waals surface area contributed by atoms with Gasteiger partial charge in [0.1, 0.15) is 12.4 Å². The largest absolute Gasteiger partial charge is 0.503 e. The fraction of sp³-hybridized carbons (Fsp3) is 0.143. The van der Waals surface area contributed by atoms with Gasteiger partial charge < -0.3 is 15.2 Å². The summed E-state index contributed by atoms with van der Waals surface area (Å²) in [6, 6.07) is 16.7. The fourth-order valence-corrected chi connectivity index (χ4v) is 2.32. The van der Waals surface area contributed by atoms with E-state index in [1.165, 1.54) is 24.4 Å². The Morgan fingerprint density at radius 2 is 1.75 bits per heavy atom. The molecule has 1 heterocycles. The Kier molecular flexibility index (Phi) is 8.42. The first-order valence-electron chi connectivity index (χ1n) is 8.38. The van der Waals surface area contributed by atoms with E-state index in [2.05, 4.69) is 26.2 Å². The Labute approximate surface area is 171 Å². The van der Waals surface area contributed by atoms with Crippen LogP contribution in [0.15, 0.2) is 66.9 Å². The van der Waals surface area contributed by atoms with E-state index in [1.54, 1.807) is 12.1 Å². The lowest BCUT2D eigenvalue weighted by Crippen LogP contribution is -2.24. The molecule has 7 heteroatoms. The van der Waals surface area contributed by atoms with Crippen LogP contribution in [0.1, 0.15) is 21.6 Å². The highest BCUT2D eigenvalue weighted by atomic mass is 79.9. The zero-order valence-electron chi connectivity index (χ0n) is 15.2. The van der Waals surface area contributed by atoms with Crippen LogP contribution in [0.25, 0.3) is 0 Å². The summed E-state index contributed by atoms with van der Waals surface area (Å²) < 4.78 is 18.5. The minimum Gasteiger partial charge on any atom is -0.503 e. The number of aromatic hydroxyl groups is 1. The van der Waals surface area contributed by atoms with Gasteiger partial charge in [-0.25, -0.2) is 9.37 Å². The summed E-state index contributed by atoms with van der Waals surface area (Å²) in [6.07, 6.45) is 1.40. The molecule has 2 aromatic carbocycles. The third-order valence-electron chi connectivity index (χ3n) is 3.71. The molecular weight excluding hydrogens is 427 g/mol. The predicted octanol–water partition coefficient (Wildman–Crippen LogP) is 4.45. The lowest BCUT2D eigenvalue weighted by molar-refractivity contribution is 0.0942. The Balaban J connectivity index is 0.00000136. The number of rotatable bonds is 6. The van der Waals surface area contributed by atoms with Crippen molar-refractivity contribution in [2.24, 2.45) is 0 Å². The van der Waals surface area contributed by atoms with Gasteiger partial charge in [0.2, 0.25) is 0 Å². The molecule has 1 aromatic heterocycles. The molecule has 0 atom stereocenters. The molecule has 3 aromatic rings. The predicted molar refractivity (Wildman–Crippen MR) is 109 cm³/mol. The molecule has 0 spiro atoms. The summed E-state index contributed by atoms with van der Waals surface area (Å²) >= 11 is 2.94. The zero-order chi connectivity index (χ0) is 20.4. The molecule has 3 rings (SSSR count). The van der Waals surface area contributed by atoms with Gasteiger partial charge in [-0.3, -0.25) is 4.79 Å². The molecule has 0 aliphatic carbocycles. The number of amides is 1. The van der Waals surface area contributed by atoms with Crippen molar-refractivity contribution in [3.8, 4) is 11.5 Å². The number of nitrogens with zero attached hydrogens (tertiary/aromatic N) is 1. The van der Waals surface area contributed by atoms with E-state index >= 15 is 0 Å². The van der Waals surface area contributed by atoms with Crippen molar-refractivity contribution in [1.29, 1.82) is 0 Å².